The summed E-state index contributed by atoms with van der Waals surface area (Å²) < 4.78 is 0. The molecule has 0 unspecified atom stereocenters. The molecular weight excluding hydrogens is 150 g/mol. The Morgan fingerprint density at radius 1 is 1.30 bits per heavy atom. The normalized spacial score (nSPS) is 5.70. The van der Waals surface area contributed by atoms with Crippen LogP contribution in [0.3, 0.4) is 0 Å². The lowest BCUT2D eigenvalue weighted by Gasteiger charge is -1.69. The van der Waals surface area contributed by atoms with Crippen LogP contribution in [0, 0.1) is 0 Å². The van der Waals surface area contributed by atoms with Gasteiger partial charge in [0.2, 0.25) is 0 Å². The summed E-state index contributed by atoms with van der Waals surface area (Å²) in [4.78, 5) is 0. The number of nitrogens with two attached hydrogens (primary N) is 1. The molecule has 0 saturated carbocycles. The summed E-state index contributed by atoms with van der Waals surface area (Å²) in [5.41, 5.74) is 5.58. The lowest BCUT2D eigenvalue weighted by Crippen LogP contribution is -1.83. The van der Waals surface area contributed by atoms with E-state index in [9.17, 15) is 0 Å². The van der Waals surface area contributed by atoms with Gasteiger partial charge in [0.05, 0.1) is 0 Å². The van der Waals surface area contributed by atoms with Gasteiger partial charge in [-0.25, -0.2) is 0 Å². The molecule has 0 amide bonds. The standard InChI is InChI=1S/C3H5Cl.C3H7N.CH4O/c2*1-3(2)4;1-2/h1H2,2H3;1,4H2,2H3;2H,1H3. The van der Waals surface area contributed by atoms with Crippen molar-refractivity contribution in [2.45, 2.75) is 13.8 Å². The van der Waals surface area contributed by atoms with Crippen LogP contribution in [0.5, 0.6) is 0 Å². The second kappa shape index (κ2) is 15.8. The molecule has 10 heavy (non-hydrogen) atoms. The molecule has 0 atom stereocenters. The minimum absolute atomic E-state index is 0.639. The third kappa shape index (κ3) is 1450. The van der Waals surface area contributed by atoms with Gasteiger partial charge in [0.15, 0.2) is 0 Å². The SMILES string of the molecule is C=C(C)Cl.C=C(C)N.CO. The highest BCUT2D eigenvalue weighted by Crippen LogP contribution is 1.87. The lowest BCUT2D eigenvalue weighted by molar-refractivity contribution is 0.399. The number of hydrogen-bond donors (Lipinski definition) is 2. The van der Waals surface area contributed by atoms with E-state index in [1.807, 2.05) is 0 Å². The van der Waals surface area contributed by atoms with Crippen molar-refractivity contribution in [3.63, 3.8) is 0 Å². The molecule has 0 aliphatic rings. The molecular formula is C7H16ClNO. The van der Waals surface area contributed by atoms with Crippen molar-refractivity contribution in [1.29, 1.82) is 0 Å². The third-order valence-corrected chi connectivity index (χ3v) is 0. The van der Waals surface area contributed by atoms with E-state index in [0.717, 1.165) is 7.11 Å². The lowest BCUT2D eigenvalue weighted by atomic mass is 10.6. The summed E-state index contributed by atoms with van der Waals surface area (Å²) in [6, 6.07) is 0. The highest BCUT2D eigenvalue weighted by Gasteiger charge is 1.55. The van der Waals surface area contributed by atoms with Crippen LogP contribution in [0.15, 0.2) is 23.9 Å². The fourth-order valence-corrected chi connectivity index (χ4v) is 0. The molecule has 0 fully saturated rings. The highest BCUT2D eigenvalue weighted by atomic mass is 35.5. The molecule has 0 spiro atoms. The minimum Gasteiger partial charge on any atom is -0.403 e. The van der Waals surface area contributed by atoms with Crippen molar-refractivity contribution in [2.24, 2.45) is 5.73 Å². The fourth-order valence-electron chi connectivity index (χ4n) is 0. The molecule has 0 rings (SSSR count). The van der Waals surface area contributed by atoms with E-state index in [0.29, 0.717) is 10.7 Å². The summed E-state index contributed by atoms with van der Waals surface area (Å²) in [7, 11) is 1.00. The Labute approximate surface area is 68.0 Å². The molecule has 0 aromatic carbocycles. The quantitative estimate of drug-likeness (QED) is 0.576. The Bertz CT molecular complexity index is 71.6. The van der Waals surface area contributed by atoms with Crippen molar-refractivity contribution in [3.8, 4) is 0 Å². The van der Waals surface area contributed by atoms with Crippen LogP contribution in [0.25, 0.3) is 0 Å². The van der Waals surface area contributed by atoms with Gasteiger partial charge in [-0.15, -0.1) is 0 Å². The monoisotopic (exact) mass is 165 g/mol. The topological polar surface area (TPSA) is 46.2 Å². The number of aliphatic hydroxyl groups excluding tert-OH is 1. The number of rotatable bonds is 0. The first kappa shape index (κ1) is 16.3. The number of aliphatic hydroxyl groups is 1. The largest absolute Gasteiger partial charge is 0.403 e. The van der Waals surface area contributed by atoms with E-state index < -0.39 is 0 Å². The van der Waals surface area contributed by atoms with E-state index in [-0.39, 0.29) is 0 Å². The zero-order valence-corrected chi connectivity index (χ0v) is 7.57. The van der Waals surface area contributed by atoms with E-state index >= 15 is 0 Å². The van der Waals surface area contributed by atoms with Crippen LogP contribution in [0.2, 0.25) is 0 Å². The van der Waals surface area contributed by atoms with Gasteiger partial charge >= 0.3 is 0 Å². The van der Waals surface area contributed by atoms with Crippen LogP contribution in [-0.2, 0) is 0 Å². The van der Waals surface area contributed by atoms with E-state index in [2.05, 4.69) is 13.2 Å². The Balaban J connectivity index is -0.0000000787. The Morgan fingerprint density at radius 2 is 1.30 bits per heavy atom. The van der Waals surface area contributed by atoms with Gasteiger partial charge in [-0.3, -0.25) is 0 Å². The molecule has 0 saturated heterocycles. The van der Waals surface area contributed by atoms with Crippen molar-refractivity contribution < 1.29 is 5.11 Å². The van der Waals surface area contributed by atoms with Gasteiger partial charge in [0.25, 0.3) is 0 Å². The van der Waals surface area contributed by atoms with Gasteiger partial charge in [0.1, 0.15) is 0 Å². The maximum atomic E-state index is 7.00. The first-order valence-electron chi connectivity index (χ1n) is 2.63. The zero-order chi connectivity index (χ0) is 9.15. The van der Waals surface area contributed by atoms with E-state index in [1.54, 1.807) is 13.8 Å². The minimum atomic E-state index is 0.639. The molecule has 0 aromatic rings. The second-order valence-electron chi connectivity index (χ2n) is 1.52. The fraction of sp³-hybridized carbons (Fsp3) is 0.429. The van der Waals surface area contributed by atoms with Crippen LogP contribution in [0.1, 0.15) is 13.8 Å². The Kier molecular flexibility index (Phi) is 25.7. The first-order chi connectivity index (χ1) is 4.46. The van der Waals surface area contributed by atoms with Gasteiger partial charge < -0.3 is 10.8 Å². The number of allylic oxidation sites excluding steroid dienone is 2. The molecule has 2 nitrogen and oxygen atoms in total. The summed E-state index contributed by atoms with van der Waals surface area (Å²) in [6.07, 6.45) is 0. The van der Waals surface area contributed by atoms with Crippen LogP contribution in [-0.4, -0.2) is 12.2 Å². The van der Waals surface area contributed by atoms with Gasteiger partial charge in [-0.05, 0) is 19.5 Å². The van der Waals surface area contributed by atoms with Crippen LogP contribution >= 0.6 is 11.6 Å². The van der Waals surface area contributed by atoms with Gasteiger partial charge in [0, 0.05) is 12.1 Å². The van der Waals surface area contributed by atoms with Gasteiger partial charge in [-0.1, -0.05) is 24.8 Å². The maximum Gasteiger partial charge on any atom is 0.0319 e. The molecule has 0 heterocycles. The predicted molar refractivity (Wildman–Crippen MR) is 47.8 cm³/mol. The van der Waals surface area contributed by atoms with Crippen molar-refractivity contribution in [2.75, 3.05) is 7.11 Å². The molecule has 0 aliphatic carbocycles. The van der Waals surface area contributed by atoms with Crippen molar-refractivity contribution >= 4 is 11.6 Å². The second-order valence-corrected chi connectivity index (χ2v) is 2.17. The summed E-state index contributed by atoms with van der Waals surface area (Å²) in [5.74, 6) is 0. The first-order valence-corrected chi connectivity index (χ1v) is 3.01. The van der Waals surface area contributed by atoms with Crippen molar-refractivity contribution in [3.05, 3.63) is 23.9 Å². The smallest absolute Gasteiger partial charge is 0.0319 e. The molecule has 0 aliphatic heterocycles. The predicted octanol–water partition coefficient (Wildman–Crippen LogP) is 1.85. The average molecular weight is 166 g/mol. The molecule has 3 heteroatoms. The highest BCUT2D eigenvalue weighted by molar-refractivity contribution is 6.28. The maximum absolute atomic E-state index is 7.00. The average Bonchev–Trinajstić information content (AvgIpc) is 1.66. The van der Waals surface area contributed by atoms with E-state index in [1.165, 1.54) is 0 Å². The molecule has 0 aromatic heterocycles. The Morgan fingerprint density at radius 3 is 1.30 bits per heavy atom. The van der Waals surface area contributed by atoms with Crippen LogP contribution in [0.4, 0.5) is 0 Å². The van der Waals surface area contributed by atoms with E-state index in [4.69, 9.17) is 22.4 Å². The number of halogens is 1. The van der Waals surface area contributed by atoms with Crippen LogP contribution < -0.4 is 5.73 Å². The molecule has 62 valence electrons. The summed E-state index contributed by atoms with van der Waals surface area (Å²) in [6.45, 7) is 10.1. The summed E-state index contributed by atoms with van der Waals surface area (Å²) >= 11 is 5.08. The zero-order valence-electron chi connectivity index (χ0n) is 6.82. The van der Waals surface area contributed by atoms with Gasteiger partial charge in [-0.2, -0.15) is 0 Å². The molecule has 0 radical (unpaired) electrons. The van der Waals surface area contributed by atoms with Crippen molar-refractivity contribution in [1.82, 2.24) is 0 Å². The Hall–Kier alpha value is -0.470. The summed E-state index contributed by atoms with van der Waals surface area (Å²) in [5, 5.41) is 7.64. The number of hydrogen-bond acceptors (Lipinski definition) is 2. The molecule has 3 N–H and O–H groups in total. The third-order valence-electron chi connectivity index (χ3n) is 0. The molecule has 0 bridgehead atoms.